The topological polar surface area (TPSA) is 87.1 Å². The molecule has 22 heavy (non-hydrogen) atoms. The van der Waals surface area contributed by atoms with E-state index < -0.39 is 0 Å². The summed E-state index contributed by atoms with van der Waals surface area (Å²) in [6, 6.07) is 7.17. The fraction of sp³-hybridized carbons (Fsp3) is 0.312. The first kappa shape index (κ1) is 15.9. The summed E-state index contributed by atoms with van der Waals surface area (Å²) in [5.41, 5.74) is 2.96. The van der Waals surface area contributed by atoms with Crippen LogP contribution in [0, 0.1) is 0 Å². The largest absolute Gasteiger partial charge is 0.394 e. The van der Waals surface area contributed by atoms with Gasteiger partial charge in [-0.1, -0.05) is 24.3 Å². The van der Waals surface area contributed by atoms with E-state index in [0.717, 1.165) is 16.7 Å². The van der Waals surface area contributed by atoms with Gasteiger partial charge in [-0.25, -0.2) is 14.8 Å². The van der Waals surface area contributed by atoms with Crippen LogP contribution < -0.4 is 10.6 Å². The molecule has 0 aliphatic rings. The number of benzene rings is 1. The molecule has 1 heterocycles. The highest BCUT2D eigenvalue weighted by Crippen LogP contribution is 2.20. The lowest BCUT2D eigenvalue weighted by Gasteiger charge is -2.17. The molecule has 0 aliphatic heterocycles. The third-order valence-corrected chi connectivity index (χ3v) is 3.30. The first-order valence-corrected chi connectivity index (χ1v) is 7.13. The maximum atomic E-state index is 11.7. The summed E-state index contributed by atoms with van der Waals surface area (Å²) < 4.78 is 0. The van der Waals surface area contributed by atoms with Crippen molar-refractivity contribution in [2.75, 3.05) is 6.61 Å². The molecular formula is C16H20N4O2. The zero-order chi connectivity index (χ0) is 15.9. The molecule has 0 saturated heterocycles. The quantitative estimate of drug-likeness (QED) is 0.787. The fourth-order valence-electron chi connectivity index (χ4n) is 2.00. The maximum absolute atomic E-state index is 11.7. The lowest BCUT2D eigenvalue weighted by molar-refractivity contribution is 0.218. The number of urea groups is 1. The third-order valence-electron chi connectivity index (χ3n) is 3.30. The van der Waals surface area contributed by atoms with E-state index in [1.165, 1.54) is 6.33 Å². The van der Waals surface area contributed by atoms with E-state index >= 15 is 0 Å². The molecule has 0 spiro atoms. The van der Waals surface area contributed by atoms with Gasteiger partial charge in [-0.2, -0.15) is 0 Å². The molecule has 116 valence electrons. The van der Waals surface area contributed by atoms with Crippen molar-refractivity contribution in [1.29, 1.82) is 0 Å². The van der Waals surface area contributed by atoms with E-state index in [2.05, 4.69) is 20.6 Å². The van der Waals surface area contributed by atoms with Crippen LogP contribution in [0.15, 0.2) is 43.0 Å². The predicted octanol–water partition coefficient (Wildman–Crippen LogP) is 1.88. The Labute approximate surface area is 129 Å². The highest BCUT2D eigenvalue weighted by atomic mass is 16.3. The fourth-order valence-corrected chi connectivity index (χ4v) is 2.00. The van der Waals surface area contributed by atoms with E-state index in [4.69, 9.17) is 5.11 Å². The van der Waals surface area contributed by atoms with Gasteiger partial charge in [0.05, 0.1) is 18.7 Å². The number of aliphatic hydroxyl groups excluding tert-OH is 1. The van der Waals surface area contributed by atoms with Crippen LogP contribution in [0.25, 0.3) is 11.1 Å². The molecule has 1 unspecified atom stereocenters. The molecule has 1 aromatic carbocycles. The summed E-state index contributed by atoms with van der Waals surface area (Å²) in [6.07, 6.45) is 5.01. The Kier molecular flexibility index (Phi) is 5.43. The first-order chi connectivity index (χ1) is 10.6. The van der Waals surface area contributed by atoms with E-state index in [9.17, 15) is 4.79 Å². The minimum absolute atomic E-state index is 0.0877. The summed E-state index contributed by atoms with van der Waals surface area (Å²) >= 11 is 0. The second-order valence-corrected chi connectivity index (χ2v) is 5.17. The number of hydrogen-bond donors (Lipinski definition) is 3. The minimum Gasteiger partial charge on any atom is -0.394 e. The van der Waals surface area contributed by atoms with Gasteiger partial charge in [-0.05, 0) is 25.0 Å². The normalized spacial score (nSPS) is 13.2. The monoisotopic (exact) mass is 300 g/mol. The standard InChI is InChI=1S/C16H20N4O2/c1-11(9-21)19-16(22)20-12(2)13-3-5-14(6-4-13)15-7-17-10-18-8-15/h3-8,10-12,21H,9H2,1-2H3,(H2,19,20,22)/t11-,12?/m0/s1. The van der Waals surface area contributed by atoms with Gasteiger partial charge >= 0.3 is 6.03 Å². The van der Waals surface area contributed by atoms with Crippen molar-refractivity contribution < 1.29 is 9.90 Å². The summed E-state index contributed by atoms with van der Waals surface area (Å²) in [5.74, 6) is 0. The number of aromatic nitrogens is 2. The van der Waals surface area contributed by atoms with Gasteiger partial charge in [-0.15, -0.1) is 0 Å². The Morgan fingerprint density at radius 3 is 2.32 bits per heavy atom. The van der Waals surface area contributed by atoms with Crippen LogP contribution in [0.4, 0.5) is 4.79 Å². The zero-order valence-corrected chi connectivity index (χ0v) is 12.7. The van der Waals surface area contributed by atoms with Gasteiger partial charge in [-0.3, -0.25) is 0 Å². The van der Waals surface area contributed by atoms with Crippen molar-refractivity contribution in [3.05, 3.63) is 48.5 Å². The number of nitrogens with one attached hydrogen (secondary N) is 2. The summed E-state index contributed by atoms with van der Waals surface area (Å²) in [4.78, 5) is 19.7. The molecule has 2 aromatic rings. The van der Waals surface area contributed by atoms with Gasteiger partial charge in [0.1, 0.15) is 6.33 Å². The second kappa shape index (κ2) is 7.51. The summed E-state index contributed by atoms with van der Waals surface area (Å²) in [6.45, 7) is 3.56. The molecule has 2 amide bonds. The Bertz CT molecular complexity index is 601. The highest BCUT2D eigenvalue weighted by molar-refractivity contribution is 5.74. The van der Waals surface area contributed by atoms with Crippen LogP contribution in [0.2, 0.25) is 0 Å². The maximum Gasteiger partial charge on any atom is 0.315 e. The van der Waals surface area contributed by atoms with Crippen LogP contribution in [-0.2, 0) is 0 Å². The molecule has 3 N–H and O–H groups in total. The molecule has 6 heteroatoms. The second-order valence-electron chi connectivity index (χ2n) is 5.17. The summed E-state index contributed by atoms with van der Waals surface area (Å²) in [5, 5.41) is 14.4. The van der Waals surface area contributed by atoms with Gasteiger partial charge < -0.3 is 15.7 Å². The molecule has 0 saturated carbocycles. The number of aliphatic hydroxyl groups is 1. The Morgan fingerprint density at radius 1 is 1.09 bits per heavy atom. The molecule has 0 aliphatic carbocycles. The number of carbonyl (C=O) groups is 1. The van der Waals surface area contributed by atoms with Crippen LogP contribution >= 0.6 is 0 Å². The smallest absolute Gasteiger partial charge is 0.315 e. The Hall–Kier alpha value is -2.47. The average Bonchev–Trinajstić information content (AvgIpc) is 2.55. The van der Waals surface area contributed by atoms with Gasteiger partial charge in [0.2, 0.25) is 0 Å². The molecule has 1 aromatic heterocycles. The Balaban J connectivity index is 1.99. The van der Waals surface area contributed by atoms with Gasteiger partial charge in [0.25, 0.3) is 0 Å². The molecule has 2 atom stereocenters. The SMILES string of the molecule is CC(NC(=O)N[C@@H](C)CO)c1ccc(-c2cncnc2)cc1. The third kappa shape index (κ3) is 4.26. The predicted molar refractivity (Wildman–Crippen MR) is 84.1 cm³/mol. The molecular weight excluding hydrogens is 280 g/mol. The van der Waals surface area contributed by atoms with Gasteiger partial charge in [0.15, 0.2) is 0 Å². The molecule has 0 fully saturated rings. The van der Waals surface area contributed by atoms with Crippen LogP contribution in [0.3, 0.4) is 0 Å². The number of nitrogens with zero attached hydrogens (tertiary/aromatic N) is 2. The van der Waals surface area contributed by atoms with E-state index in [1.807, 2.05) is 31.2 Å². The molecule has 0 bridgehead atoms. The first-order valence-electron chi connectivity index (χ1n) is 7.13. The molecule has 2 rings (SSSR count). The van der Waals surface area contributed by atoms with Crippen molar-refractivity contribution in [2.24, 2.45) is 0 Å². The lowest BCUT2D eigenvalue weighted by Crippen LogP contribution is -2.43. The van der Waals surface area contributed by atoms with Gasteiger partial charge in [0, 0.05) is 18.0 Å². The minimum atomic E-state index is -0.297. The van der Waals surface area contributed by atoms with Crippen LogP contribution in [0.5, 0.6) is 0 Å². The van der Waals surface area contributed by atoms with Crippen molar-refractivity contribution in [3.63, 3.8) is 0 Å². The van der Waals surface area contributed by atoms with Crippen molar-refractivity contribution >= 4 is 6.03 Å². The number of rotatable bonds is 5. The van der Waals surface area contributed by atoms with Crippen molar-refractivity contribution in [2.45, 2.75) is 25.9 Å². The zero-order valence-electron chi connectivity index (χ0n) is 12.7. The van der Waals surface area contributed by atoms with Crippen molar-refractivity contribution in [3.8, 4) is 11.1 Å². The average molecular weight is 300 g/mol. The van der Waals surface area contributed by atoms with Crippen LogP contribution in [-0.4, -0.2) is 33.8 Å². The lowest BCUT2D eigenvalue weighted by atomic mass is 10.0. The van der Waals surface area contributed by atoms with E-state index in [0.29, 0.717) is 0 Å². The number of amides is 2. The number of hydrogen-bond acceptors (Lipinski definition) is 4. The van der Waals surface area contributed by atoms with E-state index in [1.54, 1.807) is 19.3 Å². The highest BCUT2D eigenvalue weighted by Gasteiger charge is 2.11. The number of carbonyl (C=O) groups excluding carboxylic acids is 1. The summed E-state index contributed by atoms with van der Waals surface area (Å²) in [7, 11) is 0. The van der Waals surface area contributed by atoms with Crippen LogP contribution in [0.1, 0.15) is 25.5 Å². The van der Waals surface area contributed by atoms with E-state index in [-0.39, 0.29) is 24.7 Å². The Morgan fingerprint density at radius 2 is 1.73 bits per heavy atom. The van der Waals surface area contributed by atoms with Crippen molar-refractivity contribution in [1.82, 2.24) is 20.6 Å². The molecule has 6 nitrogen and oxygen atoms in total. The molecule has 0 radical (unpaired) electrons.